The van der Waals surface area contributed by atoms with E-state index >= 15 is 0 Å². The fourth-order valence-corrected chi connectivity index (χ4v) is 2.86. The average Bonchev–Trinajstić information content (AvgIpc) is 3.22. The lowest BCUT2D eigenvalue weighted by molar-refractivity contribution is -0.384. The van der Waals surface area contributed by atoms with Gasteiger partial charge in [-0.2, -0.15) is 0 Å². The van der Waals surface area contributed by atoms with Crippen LogP contribution in [-0.2, 0) is 0 Å². The number of carboxylic acid groups (broad SMARTS) is 2. The Morgan fingerprint density at radius 2 is 1.61 bits per heavy atom. The highest BCUT2D eigenvalue weighted by Crippen LogP contribution is 2.31. The maximum Gasteiger partial charge on any atom is 0.335 e. The van der Waals surface area contributed by atoms with Crippen LogP contribution in [0.1, 0.15) is 33.6 Å². The minimum atomic E-state index is -1.13. The van der Waals surface area contributed by atoms with Crippen LogP contribution in [0.5, 0.6) is 0 Å². The van der Waals surface area contributed by atoms with Gasteiger partial charge in [-0.05, 0) is 37.1 Å². The van der Waals surface area contributed by atoms with Crippen LogP contribution in [0.15, 0.2) is 42.5 Å². The molecular formula is C19H21N3O6. The van der Waals surface area contributed by atoms with Crippen molar-refractivity contribution in [3.8, 4) is 0 Å². The number of rotatable bonds is 5. The zero-order chi connectivity index (χ0) is 20.7. The predicted octanol–water partition coefficient (Wildman–Crippen LogP) is 3.32. The molecular weight excluding hydrogens is 366 g/mol. The maximum absolute atomic E-state index is 10.7. The number of hydrogen-bond donors (Lipinski definition) is 3. The third-order valence-corrected chi connectivity index (χ3v) is 4.26. The van der Waals surface area contributed by atoms with Gasteiger partial charge in [0.1, 0.15) is 0 Å². The molecule has 0 amide bonds. The molecule has 2 aromatic carbocycles. The van der Waals surface area contributed by atoms with Gasteiger partial charge in [0.05, 0.1) is 27.4 Å². The number of anilines is 2. The third-order valence-electron chi connectivity index (χ3n) is 4.26. The average molecular weight is 387 g/mol. The van der Waals surface area contributed by atoms with Crippen molar-refractivity contribution in [2.75, 3.05) is 30.4 Å². The first-order valence-electron chi connectivity index (χ1n) is 8.61. The summed E-state index contributed by atoms with van der Waals surface area (Å²) in [7, 11) is 1.79. The first-order chi connectivity index (χ1) is 13.3. The van der Waals surface area contributed by atoms with E-state index in [0.717, 1.165) is 30.5 Å². The lowest BCUT2D eigenvalue weighted by Gasteiger charge is -2.20. The van der Waals surface area contributed by atoms with Crippen LogP contribution in [0.3, 0.4) is 0 Å². The van der Waals surface area contributed by atoms with Crippen LogP contribution in [0.4, 0.5) is 17.1 Å². The largest absolute Gasteiger partial charge is 0.478 e. The fourth-order valence-electron chi connectivity index (χ4n) is 2.86. The third kappa shape index (κ3) is 5.19. The fraction of sp³-hybridized carbons (Fsp3) is 0.263. The van der Waals surface area contributed by atoms with Gasteiger partial charge < -0.3 is 20.4 Å². The van der Waals surface area contributed by atoms with Crippen LogP contribution < -0.4 is 10.2 Å². The Hall–Kier alpha value is -3.62. The number of benzene rings is 2. The smallest absolute Gasteiger partial charge is 0.335 e. The second kappa shape index (κ2) is 9.36. The molecule has 148 valence electrons. The summed E-state index contributed by atoms with van der Waals surface area (Å²) in [4.78, 5) is 33.3. The molecule has 0 bridgehead atoms. The molecule has 0 saturated carbocycles. The number of nitro groups is 1. The summed E-state index contributed by atoms with van der Waals surface area (Å²) in [6, 6.07) is 10.2. The topological polar surface area (TPSA) is 133 Å². The van der Waals surface area contributed by atoms with Crippen molar-refractivity contribution in [1.82, 2.24) is 0 Å². The van der Waals surface area contributed by atoms with Crippen molar-refractivity contribution < 1.29 is 24.7 Å². The molecule has 3 N–H and O–H groups in total. The summed E-state index contributed by atoms with van der Waals surface area (Å²) in [6.45, 7) is 2.07. The van der Waals surface area contributed by atoms with E-state index in [1.807, 2.05) is 6.07 Å². The van der Waals surface area contributed by atoms with Gasteiger partial charge in [-0.15, -0.1) is 0 Å². The SMILES string of the molecule is CNc1cc([N+](=O)[O-])ccc1N1CCCC1.O=C(O)c1cccc(C(=O)O)c1. The standard InChI is InChI=1S/C11H15N3O2.C8H6O4/c1-12-10-8-9(14(15)16)4-5-11(10)13-6-2-3-7-13;9-7(10)5-2-1-3-6(4-5)8(11)12/h4-5,8,12H,2-3,6-7H2,1H3;1-4H,(H,9,10)(H,11,12). The molecule has 2 aromatic rings. The maximum atomic E-state index is 10.7. The molecule has 1 saturated heterocycles. The van der Waals surface area contributed by atoms with Crippen LogP contribution >= 0.6 is 0 Å². The number of carbonyl (C=O) groups is 2. The van der Waals surface area contributed by atoms with E-state index in [1.165, 1.54) is 31.0 Å². The summed E-state index contributed by atoms with van der Waals surface area (Å²) in [5.41, 5.74) is 1.98. The molecule has 1 fully saturated rings. The lowest BCUT2D eigenvalue weighted by Crippen LogP contribution is -2.18. The summed E-state index contributed by atoms with van der Waals surface area (Å²) >= 11 is 0. The van der Waals surface area contributed by atoms with E-state index in [2.05, 4.69) is 10.2 Å². The Labute approximate surface area is 161 Å². The lowest BCUT2D eigenvalue weighted by atomic mass is 10.1. The highest BCUT2D eigenvalue weighted by Gasteiger charge is 2.17. The van der Waals surface area contributed by atoms with Crippen molar-refractivity contribution in [3.05, 3.63) is 63.7 Å². The van der Waals surface area contributed by atoms with Crippen molar-refractivity contribution in [2.24, 2.45) is 0 Å². The molecule has 3 rings (SSSR count). The van der Waals surface area contributed by atoms with E-state index in [4.69, 9.17) is 10.2 Å². The van der Waals surface area contributed by atoms with Crippen molar-refractivity contribution in [2.45, 2.75) is 12.8 Å². The van der Waals surface area contributed by atoms with Crippen LogP contribution in [0.25, 0.3) is 0 Å². The molecule has 1 aliphatic heterocycles. The minimum Gasteiger partial charge on any atom is -0.478 e. The molecule has 0 atom stereocenters. The van der Waals surface area contributed by atoms with Crippen molar-refractivity contribution in [3.63, 3.8) is 0 Å². The zero-order valence-corrected chi connectivity index (χ0v) is 15.3. The van der Waals surface area contributed by atoms with E-state index in [0.29, 0.717) is 0 Å². The highest BCUT2D eigenvalue weighted by molar-refractivity contribution is 5.93. The first-order valence-corrected chi connectivity index (χ1v) is 8.61. The molecule has 9 heteroatoms. The van der Waals surface area contributed by atoms with Gasteiger partial charge in [-0.25, -0.2) is 9.59 Å². The van der Waals surface area contributed by atoms with Gasteiger partial charge in [0, 0.05) is 32.3 Å². The second-order valence-corrected chi connectivity index (χ2v) is 6.09. The number of carboxylic acids is 2. The van der Waals surface area contributed by atoms with E-state index < -0.39 is 11.9 Å². The summed E-state index contributed by atoms with van der Waals surface area (Å²) in [5, 5.41) is 30.7. The Bertz CT molecular complexity index is 848. The van der Waals surface area contributed by atoms with Crippen LogP contribution in [0.2, 0.25) is 0 Å². The zero-order valence-electron chi connectivity index (χ0n) is 15.3. The van der Waals surface area contributed by atoms with Crippen LogP contribution in [-0.4, -0.2) is 47.2 Å². The van der Waals surface area contributed by atoms with Gasteiger partial charge in [-0.1, -0.05) is 6.07 Å². The van der Waals surface area contributed by atoms with Crippen LogP contribution in [0, 0.1) is 10.1 Å². The number of aromatic carboxylic acids is 2. The summed E-state index contributed by atoms with van der Waals surface area (Å²) in [6.07, 6.45) is 2.39. The van der Waals surface area contributed by atoms with Gasteiger partial charge in [-0.3, -0.25) is 10.1 Å². The first kappa shape index (κ1) is 20.7. The van der Waals surface area contributed by atoms with Gasteiger partial charge in [0.15, 0.2) is 0 Å². The molecule has 0 spiro atoms. The number of nitrogens with zero attached hydrogens (tertiary/aromatic N) is 2. The van der Waals surface area contributed by atoms with E-state index in [9.17, 15) is 19.7 Å². The molecule has 28 heavy (non-hydrogen) atoms. The Balaban J connectivity index is 0.000000209. The summed E-state index contributed by atoms with van der Waals surface area (Å²) in [5.74, 6) is -2.25. The number of hydrogen-bond acceptors (Lipinski definition) is 6. The Kier molecular flexibility index (Phi) is 6.91. The quantitative estimate of drug-likeness (QED) is 0.525. The number of nitro benzene ring substituents is 1. The normalized spacial score (nSPS) is 12.7. The number of non-ortho nitro benzene ring substituents is 1. The Morgan fingerprint density at radius 3 is 2.07 bits per heavy atom. The van der Waals surface area contributed by atoms with Crippen molar-refractivity contribution in [1.29, 1.82) is 0 Å². The van der Waals surface area contributed by atoms with E-state index in [-0.39, 0.29) is 21.7 Å². The number of nitrogens with one attached hydrogen (secondary N) is 1. The van der Waals surface area contributed by atoms with Crippen molar-refractivity contribution >= 4 is 29.0 Å². The van der Waals surface area contributed by atoms with Gasteiger partial charge in [0.25, 0.3) is 5.69 Å². The molecule has 0 aliphatic carbocycles. The minimum absolute atomic E-state index is 0.0186. The Morgan fingerprint density at radius 1 is 1.04 bits per heavy atom. The predicted molar refractivity (Wildman–Crippen MR) is 104 cm³/mol. The highest BCUT2D eigenvalue weighted by atomic mass is 16.6. The van der Waals surface area contributed by atoms with E-state index in [1.54, 1.807) is 19.2 Å². The monoisotopic (exact) mass is 387 g/mol. The molecule has 0 aromatic heterocycles. The summed E-state index contributed by atoms with van der Waals surface area (Å²) < 4.78 is 0. The molecule has 0 radical (unpaired) electrons. The molecule has 1 aliphatic rings. The van der Waals surface area contributed by atoms with Gasteiger partial charge in [0.2, 0.25) is 0 Å². The molecule has 9 nitrogen and oxygen atoms in total. The van der Waals surface area contributed by atoms with Gasteiger partial charge >= 0.3 is 11.9 Å². The second-order valence-electron chi connectivity index (χ2n) is 6.09. The molecule has 1 heterocycles. The molecule has 0 unspecified atom stereocenters.